The zero-order chi connectivity index (χ0) is 15.4. The molecule has 0 radical (unpaired) electrons. The zero-order valence-corrected chi connectivity index (χ0v) is 11.6. The van der Waals surface area contributed by atoms with Crippen LogP contribution < -0.4 is 0 Å². The van der Waals surface area contributed by atoms with E-state index in [-0.39, 0.29) is 5.56 Å². The minimum atomic E-state index is -0.978. The highest BCUT2D eigenvalue weighted by Crippen LogP contribution is 2.20. The van der Waals surface area contributed by atoms with Crippen LogP contribution in [0.2, 0.25) is 0 Å². The van der Waals surface area contributed by atoms with Gasteiger partial charge < -0.3 is 9.67 Å². The Kier molecular flexibility index (Phi) is 3.71. The van der Waals surface area contributed by atoms with Crippen molar-refractivity contribution in [3.63, 3.8) is 0 Å². The molecule has 1 N–H and O–H groups in total. The Morgan fingerprint density at radius 1 is 1.05 bits per heavy atom. The smallest absolute Gasteiger partial charge is 0.337 e. The highest BCUT2D eigenvalue weighted by atomic mass is 16.4. The number of benzene rings is 1. The van der Waals surface area contributed by atoms with Gasteiger partial charge in [-0.05, 0) is 36.4 Å². The van der Waals surface area contributed by atoms with Crippen molar-refractivity contribution in [2.24, 2.45) is 0 Å². The molecule has 22 heavy (non-hydrogen) atoms. The van der Waals surface area contributed by atoms with Crippen LogP contribution in [0.4, 0.5) is 0 Å². The summed E-state index contributed by atoms with van der Waals surface area (Å²) in [5.41, 5.74) is 2.22. The number of rotatable bonds is 2. The standard InChI is InChI=1S/C18H12N2O2/c21-18(22)16-7-3-6-15(17(16)20-11-1-2-12-20)9-8-14-5-4-10-19-13-14/h1-7,10-13H,(H,21,22). The van der Waals surface area contributed by atoms with Gasteiger partial charge in [-0.15, -0.1) is 0 Å². The number of pyridine rings is 1. The molecule has 106 valence electrons. The lowest BCUT2D eigenvalue weighted by molar-refractivity contribution is 0.0697. The Labute approximate surface area is 127 Å². The summed E-state index contributed by atoms with van der Waals surface area (Å²) in [5.74, 6) is 5.07. The van der Waals surface area contributed by atoms with Gasteiger partial charge in [-0.2, -0.15) is 0 Å². The minimum absolute atomic E-state index is 0.217. The predicted octanol–water partition coefficient (Wildman–Crippen LogP) is 2.97. The fraction of sp³-hybridized carbons (Fsp3) is 0. The van der Waals surface area contributed by atoms with E-state index in [2.05, 4.69) is 16.8 Å². The van der Waals surface area contributed by atoms with Crippen molar-refractivity contribution in [2.45, 2.75) is 0 Å². The zero-order valence-electron chi connectivity index (χ0n) is 11.6. The Morgan fingerprint density at radius 2 is 1.86 bits per heavy atom. The maximum absolute atomic E-state index is 11.5. The summed E-state index contributed by atoms with van der Waals surface area (Å²) in [7, 11) is 0. The molecule has 3 rings (SSSR count). The summed E-state index contributed by atoms with van der Waals surface area (Å²) in [5, 5.41) is 9.40. The van der Waals surface area contributed by atoms with Crippen LogP contribution in [0, 0.1) is 11.8 Å². The van der Waals surface area contributed by atoms with Gasteiger partial charge in [0.25, 0.3) is 0 Å². The quantitative estimate of drug-likeness (QED) is 0.738. The molecule has 0 fully saturated rings. The Hall–Kier alpha value is -3.32. The number of carbonyl (C=O) groups is 1. The van der Waals surface area contributed by atoms with Gasteiger partial charge in [0.15, 0.2) is 0 Å². The normalized spacial score (nSPS) is 9.82. The van der Waals surface area contributed by atoms with Crippen LogP contribution in [0.5, 0.6) is 0 Å². The molecule has 0 bridgehead atoms. The molecular formula is C18H12N2O2. The van der Waals surface area contributed by atoms with Crippen molar-refractivity contribution in [1.29, 1.82) is 0 Å². The van der Waals surface area contributed by atoms with Crippen LogP contribution in [0.3, 0.4) is 0 Å². The molecule has 0 aliphatic carbocycles. The van der Waals surface area contributed by atoms with Crippen molar-refractivity contribution >= 4 is 5.97 Å². The Morgan fingerprint density at radius 3 is 2.55 bits per heavy atom. The maximum atomic E-state index is 11.5. The van der Waals surface area contributed by atoms with Gasteiger partial charge in [0.05, 0.1) is 11.3 Å². The van der Waals surface area contributed by atoms with E-state index >= 15 is 0 Å². The molecule has 2 aromatic heterocycles. The average Bonchev–Trinajstić information content (AvgIpc) is 3.07. The first kappa shape index (κ1) is 13.7. The van der Waals surface area contributed by atoms with Gasteiger partial charge in [0.1, 0.15) is 0 Å². The lowest BCUT2D eigenvalue weighted by atomic mass is 10.1. The first-order valence-corrected chi connectivity index (χ1v) is 6.67. The average molecular weight is 288 g/mol. The van der Waals surface area contributed by atoms with Crippen molar-refractivity contribution in [3.05, 3.63) is 83.9 Å². The summed E-state index contributed by atoms with van der Waals surface area (Å²) in [6.45, 7) is 0. The SMILES string of the molecule is O=C(O)c1cccc(C#Cc2cccnc2)c1-n1cccc1. The van der Waals surface area contributed by atoms with Crippen molar-refractivity contribution in [1.82, 2.24) is 9.55 Å². The number of carboxylic acids is 1. The van der Waals surface area contributed by atoms with E-state index in [1.54, 1.807) is 41.5 Å². The van der Waals surface area contributed by atoms with E-state index in [1.165, 1.54) is 0 Å². The molecule has 1 aromatic carbocycles. The number of nitrogens with zero attached hydrogens (tertiary/aromatic N) is 2. The number of hydrogen-bond acceptors (Lipinski definition) is 2. The molecule has 0 saturated carbocycles. The highest BCUT2D eigenvalue weighted by Gasteiger charge is 2.14. The summed E-state index contributed by atoms with van der Waals surface area (Å²) < 4.78 is 1.76. The van der Waals surface area contributed by atoms with E-state index in [0.29, 0.717) is 11.3 Å². The molecule has 0 spiro atoms. The third-order valence-electron chi connectivity index (χ3n) is 3.13. The van der Waals surface area contributed by atoms with Gasteiger partial charge >= 0.3 is 5.97 Å². The summed E-state index contributed by atoms with van der Waals surface area (Å²) in [4.78, 5) is 15.5. The summed E-state index contributed by atoms with van der Waals surface area (Å²) in [6.07, 6.45) is 6.96. The highest BCUT2D eigenvalue weighted by molar-refractivity contribution is 5.93. The number of aromatic nitrogens is 2. The molecule has 0 amide bonds. The first-order chi connectivity index (χ1) is 10.8. The van der Waals surface area contributed by atoms with Crippen molar-refractivity contribution in [2.75, 3.05) is 0 Å². The van der Waals surface area contributed by atoms with Gasteiger partial charge in [-0.1, -0.05) is 17.9 Å². The third-order valence-corrected chi connectivity index (χ3v) is 3.13. The minimum Gasteiger partial charge on any atom is -0.478 e. The van der Waals surface area contributed by atoms with Crippen LogP contribution in [0.1, 0.15) is 21.5 Å². The number of hydrogen-bond donors (Lipinski definition) is 1. The van der Waals surface area contributed by atoms with E-state index in [9.17, 15) is 9.90 Å². The second-order valence-electron chi connectivity index (χ2n) is 4.59. The second-order valence-corrected chi connectivity index (χ2v) is 4.59. The number of carboxylic acid groups (broad SMARTS) is 1. The predicted molar refractivity (Wildman–Crippen MR) is 82.9 cm³/mol. The van der Waals surface area contributed by atoms with E-state index in [0.717, 1.165) is 5.56 Å². The van der Waals surface area contributed by atoms with Gasteiger partial charge in [-0.3, -0.25) is 4.98 Å². The van der Waals surface area contributed by atoms with E-state index in [1.807, 2.05) is 30.3 Å². The molecule has 4 nitrogen and oxygen atoms in total. The molecule has 2 heterocycles. The van der Waals surface area contributed by atoms with Crippen LogP contribution in [-0.2, 0) is 0 Å². The molecule has 0 aliphatic heterocycles. The number of aromatic carboxylic acids is 1. The number of para-hydroxylation sites is 1. The molecular weight excluding hydrogens is 276 g/mol. The Bertz CT molecular complexity index is 857. The topological polar surface area (TPSA) is 55.1 Å². The van der Waals surface area contributed by atoms with Crippen molar-refractivity contribution in [3.8, 4) is 17.5 Å². The first-order valence-electron chi connectivity index (χ1n) is 6.67. The van der Waals surface area contributed by atoms with Gasteiger partial charge in [0, 0.05) is 35.9 Å². The lowest BCUT2D eigenvalue weighted by Crippen LogP contribution is -2.06. The molecule has 0 atom stereocenters. The van der Waals surface area contributed by atoms with Gasteiger partial charge in [0.2, 0.25) is 0 Å². The molecule has 0 aliphatic rings. The third kappa shape index (κ3) is 2.74. The maximum Gasteiger partial charge on any atom is 0.337 e. The lowest BCUT2D eigenvalue weighted by Gasteiger charge is -2.10. The fourth-order valence-corrected chi connectivity index (χ4v) is 2.15. The Balaban J connectivity index is 2.15. The molecule has 4 heteroatoms. The van der Waals surface area contributed by atoms with Crippen LogP contribution in [-0.4, -0.2) is 20.6 Å². The molecule has 3 aromatic rings. The van der Waals surface area contributed by atoms with E-state index < -0.39 is 5.97 Å². The molecule has 0 unspecified atom stereocenters. The van der Waals surface area contributed by atoms with E-state index in [4.69, 9.17) is 0 Å². The van der Waals surface area contributed by atoms with Crippen LogP contribution in [0.25, 0.3) is 5.69 Å². The van der Waals surface area contributed by atoms with Crippen LogP contribution >= 0.6 is 0 Å². The molecule has 0 saturated heterocycles. The second kappa shape index (κ2) is 5.98. The van der Waals surface area contributed by atoms with Crippen molar-refractivity contribution < 1.29 is 9.90 Å². The van der Waals surface area contributed by atoms with Crippen LogP contribution in [0.15, 0.2) is 67.3 Å². The van der Waals surface area contributed by atoms with Gasteiger partial charge in [-0.25, -0.2) is 4.79 Å². The fourth-order valence-electron chi connectivity index (χ4n) is 2.15. The summed E-state index contributed by atoms with van der Waals surface area (Å²) >= 11 is 0. The monoisotopic (exact) mass is 288 g/mol. The summed E-state index contributed by atoms with van der Waals surface area (Å²) in [6, 6.07) is 12.4. The largest absolute Gasteiger partial charge is 0.478 e.